The van der Waals surface area contributed by atoms with Crippen LogP contribution in [0.5, 0.6) is 0 Å². The summed E-state index contributed by atoms with van der Waals surface area (Å²) in [6.45, 7) is 3.89. The molecule has 0 aliphatic carbocycles. The Kier molecular flexibility index (Phi) is 18.9. The predicted molar refractivity (Wildman–Crippen MR) is 80.2 cm³/mol. The fourth-order valence-electron chi connectivity index (χ4n) is 1.59. The first kappa shape index (κ1) is 20.7. The quantitative estimate of drug-likeness (QED) is 0.398. The monoisotopic (exact) mass is 275 g/mol. The van der Waals surface area contributed by atoms with Crippen molar-refractivity contribution in [1.29, 1.82) is 0 Å². The zero-order valence-electron chi connectivity index (χ0n) is 13.0. The molecule has 1 unspecified atom stereocenters. The van der Waals surface area contributed by atoms with Crippen LogP contribution < -0.4 is 5.32 Å². The standard InChI is InChI=1S/C12H24O2.C3H9NO/c1-2-3-4-5-6-7-8-9-10-11-12(13)14;1-3(5)4-2/h2-11H2,1H3,(H,13,14);3-5H,1-2H3. The number of carbonyl (C=O) groups is 1. The van der Waals surface area contributed by atoms with Gasteiger partial charge in [-0.15, -0.1) is 0 Å². The molecule has 0 spiro atoms. The number of unbranched alkanes of at least 4 members (excludes halogenated alkanes) is 8. The van der Waals surface area contributed by atoms with E-state index in [2.05, 4.69) is 12.2 Å². The summed E-state index contributed by atoms with van der Waals surface area (Å²) in [7, 11) is 1.70. The first-order valence-corrected chi connectivity index (χ1v) is 7.61. The summed E-state index contributed by atoms with van der Waals surface area (Å²) in [5.74, 6) is -0.659. The van der Waals surface area contributed by atoms with Crippen LogP contribution in [0.3, 0.4) is 0 Å². The fourth-order valence-corrected chi connectivity index (χ4v) is 1.59. The van der Waals surface area contributed by atoms with Crippen LogP contribution in [0, 0.1) is 0 Å². The Balaban J connectivity index is 0. The Morgan fingerprint density at radius 1 is 1.00 bits per heavy atom. The van der Waals surface area contributed by atoms with E-state index in [1.54, 1.807) is 14.0 Å². The number of carboxylic acid groups (broad SMARTS) is 1. The fraction of sp³-hybridized carbons (Fsp3) is 0.933. The van der Waals surface area contributed by atoms with Crippen molar-refractivity contribution in [2.75, 3.05) is 7.05 Å². The maximum absolute atomic E-state index is 10.2. The molecule has 19 heavy (non-hydrogen) atoms. The number of aliphatic hydroxyl groups is 1. The molecule has 0 aromatic carbocycles. The lowest BCUT2D eigenvalue weighted by Crippen LogP contribution is -2.19. The molecular weight excluding hydrogens is 242 g/mol. The minimum atomic E-state index is -0.659. The van der Waals surface area contributed by atoms with Gasteiger partial charge in [0.2, 0.25) is 0 Å². The average molecular weight is 275 g/mol. The van der Waals surface area contributed by atoms with E-state index >= 15 is 0 Å². The number of aliphatic hydroxyl groups excluding tert-OH is 1. The Morgan fingerprint density at radius 2 is 1.37 bits per heavy atom. The van der Waals surface area contributed by atoms with E-state index in [1.165, 1.54) is 44.9 Å². The highest BCUT2D eigenvalue weighted by molar-refractivity contribution is 5.66. The summed E-state index contributed by atoms with van der Waals surface area (Å²) >= 11 is 0. The van der Waals surface area contributed by atoms with Crippen LogP contribution in [0.2, 0.25) is 0 Å². The van der Waals surface area contributed by atoms with Gasteiger partial charge in [-0.2, -0.15) is 0 Å². The van der Waals surface area contributed by atoms with Crippen molar-refractivity contribution in [3.05, 3.63) is 0 Å². The molecule has 0 fully saturated rings. The van der Waals surface area contributed by atoms with Crippen LogP contribution in [-0.2, 0) is 4.79 Å². The largest absolute Gasteiger partial charge is 0.481 e. The topological polar surface area (TPSA) is 69.6 Å². The van der Waals surface area contributed by atoms with Crippen molar-refractivity contribution < 1.29 is 15.0 Å². The summed E-state index contributed by atoms with van der Waals surface area (Å²) in [4.78, 5) is 10.2. The molecule has 0 bridgehead atoms. The number of carboxylic acids is 1. The molecule has 4 heteroatoms. The van der Waals surface area contributed by atoms with Crippen LogP contribution in [0.15, 0.2) is 0 Å². The van der Waals surface area contributed by atoms with Crippen molar-refractivity contribution >= 4 is 5.97 Å². The second-order valence-corrected chi connectivity index (χ2v) is 4.94. The minimum Gasteiger partial charge on any atom is -0.481 e. The molecule has 0 radical (unpaired) electrons. The van der Waals surface area contributed by atoms with Crippen molar-refractivity contribution in [2.45, 2.75) is 84.3 Å². The lowest BCUT2D eigenvalue weighted by Gasteiger charge is -2.00. The Bertz CT molecular complexity index is 184. The highest BCUT2D eigenvalue weighted by Crippen LogP contribution is 2.10. The molecule has 116 valence electrons. The van der Waals surface area contributed by atoms with Crippen molar-refractivity contribution in [1.82, 2.24) is 5.32 Å². The first-order chi connectivity index (χ1) is 9.04. The molecule has 1 atom stereocenters. The highest BCUT2D eigenvalue weighted by Gasteiger charge is 1.96. The third kappa shape index (κ3) is 26.8. The van der Waals surface area contributed by atoms with E-state index in [0.29, 0.717) is 6.42 Å². The van der Waals surface area contributed by atoms with Crippen molar-refractivity contribution in [3.8, 4) is 0 Å². The lowest BCUT2D eigenvalue weighted by molar-refractivity contribution is -0.137. The van der Waals surface area contributed by atoms with Gasteiger partial charge in [-0.3, -0.25) is 10.1 Å². The molecule has 0 saturated heterocycles. The van der Waals surface area contributed by atoms with Gasteiger partial charge < -0.3 is 10.2 Å². The van der Waals surface area contributed by atoms with Gasteiger partial charge in [0.1, 0.15) is 6.23 Å². The predicted octanol–water partition coefficient (Wildman–Crippen LogP) is 3.54. The number of nitrogens with one attached hydrogen (secondary N) is 1. The van der Waals surface area contributed by atoms with Crippen LogP contribution >= 0.6 is 0 Å². The van der Waals surface area contributed by atoms with Crippen LogP contribution in [0.25, 0.3) is 0 Å². The molecule has 0 aliphatic rings. The average Bonchev–Trinajstić information content (AvgIpc) is 2.37. The van der Waals surface area contributed by atoms with E-state index in [-0.39, 0.29) is 6.23 Å². The molecule has 0 aromatic rings. The highest BCUT2D eigenvalue weighted by atomic mass is 16.4. The van der Waals surface area contributed by atoms with Gasteiger partial charge in [-0.05, 0) is 20.4 Å². The Labute approximate surface area is 118 Å². The van der Waals surface area contributed by atoms with E-state index in [0.717, 1.165) is 12.8 Å². The van der Waals surface area contributed by atoms with Gasteiger partial charge in [-0.25, -0.2) is 0 Å². The smallest absolute Gasteiger partial charge is 0.303 e. The Hall–Kier alpha value is -0.610. The molecule has 3 N–H and O–H groups in total. The zero-order valence-corrected chi connectivity index (χ0v) is 13.0. The molecule has 4 nitrogen and oxygen atoms in total. The van der Waals surface area contributed by atoms with Crippen LogP contribution in [0.4, 0.5) is 0 Å². The maximum Gasteiger partial charge on any atom is 0.303 e. The van der Waals surface area contributed by atoms with Gasteiger partial charge >= 0.3 is 5.97 Å². The maximum atomic E-state index is 10.2. The molecule has 0 aromatic heterocycles. The van der Waals surface area contributed by atoms with Crippen LogP contribution in [0.1, 0.15) is 78.1 Å². The van der Waals surface area contributed by atoms with Gasteiger partial charge in [0.25, 0.3) is 0 Å². The van der Waals surface area contributed by atoms with Crippen LogP contribution in [-0.4, -0.2) is 29.5 Å². The molecule has 0 heterocycles. The van der Waals surface area contributed by atoms with E-state index in [9.17, 15) is 4.79 Å². The minimum absolute atomic E-state index is 0.343. The summed E-state index contributed by atoms with van der Waals surface area (Å²) in [5.41, 5.74) is 0. The number of hydrogen-bond donors (Lipinski definition) is 3. The lowest BCUT2D eigenvalue weighted by atomic mass is 10.1. The molecule has 0 amide bonds. The zero-order chi connectivity index (χ0) is 14.9. The molecule has 0 aliphatic heterocycles. The van der Waals surface area contributed by atoms with Gasteiger partial charge in [-0.1, -0.05) is 58.3 Å². The van der Waals surface area contributed by atoms with Gasteiger partial charge in [0.05, 0.1) is 0 Å². The van der Waals surface area contributed by atoms with E-state index < -0.39 is 5.97 Å². The van der Waals surface area contributed by atoms with Crippen molar-refractivity contribution in [3.63, 3.8) is 0 Å². The Morgan fingerprint density at radius 3 is 1.68 bits per heavy atom. The van der Waals surface area contributed by atoms with Gasteiger partial charge in [0, 0.05) is 6.42 Å². The van der Waals surface area contributed by atoms with E-state index in [1.807, 2.05) is 0 Å². The van der Waals surface area contributed by atoms with Gasteiger partial charge in [0.15, 0.2) is 0 Å². The first-order valence-electron chi connectivity index (χ1n) is 7.61. The second kappa shape index (κ2) is 17.4. The summed E-state index contributed by atoms with van der Waals surface area (Å²) in [6, 6.07) is 0. The number of hydrogen-bond acceptors (Lipinski definition) is 3. The third-order valence-corrected chi connectivity index (χ3v) is 2.91. The van der Waals surface area contributed by atoms with Crippen molar-refractivity contribution in [2.24, 2.45) is 0 Å². The number of rotatable bonds is 11. The third-order valence-electron chi connectivity index (χ3n) is 2.91. The summed E-state index contributed by atoms with van der Waals surface area (Å²) in [6.07, 6.45) is 11.1. The molecule has 0 rings (SSSR count). The molecule has 0 saturated carbocycles. The second-order valence-electron chi connectivity index (χ2n) is 4.94. The summed E-state index contributed by atoms with van der Waals surface area (Å²) in [5, 5.41) is 19.2. The number of aliphatic carboxylic acids is 1. The van der Waals surface area contributed by atoms with E-state index in [4.69, 9.17) is 10.2 Å². The normalized spacial score (nSPS) is 11.6. The SMILES string of the molecule is CCCCCCCCCCCC(=O)O.CNC(C)O. The molecular formula is C15H33NO3. The summed E-state index contributed by atoms with van der Waals surface area (Å²) < 4.78 is 0.